The second kappa shape index (κ2) is 12.7. The van der Waals surface area contributed by atoms with Crippen LogP contribution in [0.3, 0.4) is 0 Å². The summed E-state index contributed by atoms with van der Waals surface area (Å²) in [7, 11) is 5.98. The standard InChI is InChI=1S/C16H27N3O.2ClH/c1-13-7-9-14(10-8-13)15(19(3)4)12-18-16(20)6-5-11-17-2;;/h7-10,15,17H,5-6,11-12H2,1-4H3,(H,18,20);2*1H. The van der Waals surface area contributed by atoms with Crippen LogP contribution in [-0.2, 0) is 4.79 Å². The summed E-state index contributed by atoms with van der Waals surface area (Å²) in [6, 6.07) is 8.70. The summed E-state index contributed by atoms with van der Waals surface area (Å²) in [5.74, 6) is 0.124. The second-order valence-corrected chi connectivity index (χ2v) is 5.40. The van der Waals surface area contributed by atoms with E-state index in [0.29, 0.717) is 13.0 Å². The molecule has 0 heterocycles. The van der Waals surface area contributed by atoms with E-state index in [1.807, 2.05) is 21.1 Å². The number of nitrogens with one attached hydrogen (secondary N) is 2. The van der Waals surface area contributed by atoms with Crippen LogP contribution in [0.25, 0.3) is 0 Å². The van der Waals surface area contributed by atoms with Crippen molar-refractivity contribution in [2.75, 3.05) is 34.2 Å². The summed E-state index contributed by atoms with van der Waals surface area (Å²) in [6.45, 7) is 3.61. The largest absolute Gasteiger partial charge is 0.354 e. The molecule has 1 aromatic rings. The van der Waals surface area contributed by atoms with Gasteiger partial charge in [-0.1, -0.05) is 29.8 Å². The van der Waals surface area contributed by atoms with E-state index in [1.165, 1.54) is 11.1 Å². The highest BCUT2D eigenvalue weighted by Gasteiger charge is 2.14. The quantitative estimate of drug-likeness (QED) is 0.709. The summed E-state index contributed by atoms with van der Waals surface area (Å²) >= 11 is 0. The van der Waals surface area contributed by atoms with Crippen molar-refractivity contribution in [1.82, 2.24) is 15.5 Å². The molecule has 0 aliphatic heterocycles. The molecule has 0 saturated heterocycles. The van der Waals surface area contributed by atoms with Crippen LogP contribution in [0.15, 0.2) is 24.3 Å². The fourth-order valence-corrected chi connectivity index (χ4v) is 2.11. The minimum Gasteiger partial charge on any atom is -0.354 e. The Morgan fingerprint density at radius 3 is 2.27 bits per heavy atom. The lowest BCUT2D eigenvalue weighted by atomic mass is 10.0. The Kier molecular flexibility index (Phi) is 13.5. The lowest BCUT2D eigenvalue weighted by Crippen LogP contribution is -2.34. The normalized spacial score (nSPS) is 11.3. The number of carbonyl (C=O) groups is 1. The molecule has 6 heteroatoms. The summed E-state index contributed by atoms with van der Waals surface area (Å²) < 4.78 is 0. The van der Waals surface area contributed by atoms with Gasteiger partial charge in [0.05, 0.1) is 6.04 Å². The molecule has 0 aliphatic carbocycles. The first-order valence-electron chi connectivity index (χ1n) is 7.19. The number of hydrogen-bond donors (Lipinski definition) is 2. The molecule has 0 saturated carbocycles. The van der Waals surface area contributed by atoms with Crippen molar-refractivity contribution in [3.63, 3.8) is 0 Å². The molecule has 1 amide bonds. The zero-order chi connectivity index (χ0) is 15.0. The van der Waals surface area contributed by atoms with Gasteiger partial charge < -0.3 is 15.5 Å². The lowest BCUT2D eigenvalue weighted by molar-refractivity contribution is -0.121. The van der Waals surface area contributed by atoms with Gasteiger partial charge in [-0.25, -0.2) is 0 Å². The summed E-state index contributed by atoms with van der Waals surface area (Å²) in [5, 5.41) is 6.08. The van der Waals surface area contributed by atoms with Crippen molar-refractivity contribution in [3.05, 3.63) is 35.4 Å². The highest BCUT2D eigenvalue weighted by Crippen LogP contribution is 2.17. The summed E-state index contributed by atoms with van der Waals surface area (Å²) in [6.07, 6.45) is 1.45. The number of benzene rings is 1. The molecule has 0 spiro atoms. The minimum atomic E-state index is 0. The first kappa shape index (κ1) is 23.5. The van der Waals surface area contributed by atoms with Crippen LogP contribution in [0, 0.1) is 6.92 Å². The first-order chi connectivity index (χ1) is 9.54. The van der Waals surface area contributed by atoms with E-state index in [2.05, 4.69) is 46.7 Å². The van der Waals surface area contributed by atoms with E-state index >= 15 is 0 Å². The fourth-order valence-electron chi connectivity index (χ4n) is 2.11. The Morgan fingerprint density at radius 2 is 1.77 bits per heavy atom. The molecule has 0 aliphatic rings. The maximum absolute atomic E-state index is 11.8. The molecule has 0 fully saturated rings. The number of hydrogen-bond acceptors (Lipinski definition) is 3. The second-order valence-electron chi connectivity index (χ2n) is 5.40. The van der Waals surface area contributed by atoms with Gasteiger partial charge in [0.2, 0.25) is 5.91 Å². The van der Waals surface area contributed by atoms with Crippen LogP contribution in [0.1, 0.15) is 30.0 Å². The number of amides is 1. The van der Waals surface area contributed by atoms with E-state index in [9.17, 15) is 4.79 Å². The monoisotopic (exact) mass is 349 g/mol. The van der Waals surface area contributed by atoms with E-state index in [1.54, 1.807) is 0 Å². The van der Waals surface area contributed by atoms with Gasteiger partial charge in [0, 0.05) is 13.0 Å². The molecule has 2 N–H and O–H groups in total. The van der Waals surface area contributed by atoms with E-state index in [0.717, 1.165) is 13.0 Å². The number of carbonyl (C=O) groups excluding carboxylic acids is 1. The molecule has 0 aromatic heterocycles. The molecule has 1 atom stereocenters. The smallest absolute Gasteiger partial charge is 0.220 e. The Morgan fingerprint density at radius 1 is 1.18 bits per heavy atom. The van der Waals surface area contributed by atoms with Crippen molar-refractivity contribution in [2.45, 2.75) is 25.8 Å². The van der Waals surface area contributed by atoms with Gasteiger partial charge in [0.1, 0.15) is 0 Å². The van der Waals surface area contributed by atoms with Crippen molar-refractivity contribution in [1.29, 1.82) is 0 Å². The molecule has 0 radical (unpaired) electrons. The molecule has 128 valence electrons. The van der Waals surface area contributed by atoms with E-state index < -0.39 is 0 Å². The first-order valence-corrected chi connectivity index (χ1v) is 7.19. The maximum Gasteiger partial charge on any atom is 0.220 e. The van der Waals surface area contributed by atoms with Gasteiger partial charge in [-0.15, -0.1) is 24.8 Å². The molecule has 4 nitrogen and oxygen atoms in total. The van der Waals surface area contributed by atoms with Crippen LogP contribution in [0.5, 0.6) is 0 Å². The van der Waals surface area contributed by atoms with E-state index in [4.69, 9.17) is 0 Å². The molecule has 1 unspecified atom stereocenters. The summed E-state index contributed by atoms with van der Waals surface area (Å²) in [5.41, 5.74) is 2.48. The molecule has 22 heavy (non-hydrogen) atoms. The van der Waals surface area contributed by atoms with Gasteiger partial charge >= 0.3 is 0 Å². The van der Waals surface area contributed by atoms with Crippen molar-refractivity contribution < 1.29 is 4.79 Å². The number of nitrogens with zero attached hydrogens (tertiary/aromatic N) is 1. The Hall–Kier alpha value is -0.810. The predicted molar refractivity (Wildman–Crippen MR) is 98.3 cm³/mol. The third kappa shape index (κ3) is 8.59. The SMILES string of the molecule is CNCCCC(=O)NCC(c1ccc(C)cc1)N(C)C.Cl.Cl. The van der Waals surface area contributed by atoms with Crippen LogP contribution in [0.2, 0.25) is 0 Å². The Balaban J connectivity index is 0. The van der Waals surface area contributed by atoms with Gasteiger partial charge in [0.25, 0.3) is 0 Å². The minimum absolute atomic E-state index is 0. The predicted octanol–water partition coefficient (Wildman–Crippen LogP) is 2.56. The van der Waals surface area contributed by atoms with Gasteiger partial charge in [-0.2, -0.15) is 0 Å². The van der Waals surface area contributed by atoms with Crippen molar-refractivity contribution in [2.24, 2.45) is 0 Å². The Labute approximate surface area is 146 Å². The van der Waals surface area contributed by atoms with Crippen LogP contribution < -0.4 is 10.6 Å². The van der Waals surface area contributed by atoms with Gasteiger partial charge in [-0.3, -0.25) is 4.79 Å². The van der Waals surface area contributed by atoms with Gasteiger partial charge in [-0.05, 0) is 46.6 Å². The average Bonchev–Trinajstić information content (AvgIpc) is 2.41. The third-order valence-electron chi connectivity index (χ3n) is 3.41. The topological polar surface area (TPSA) is 44.4 Å². The molecule has 0 bridgehead atoms. The maximum atomic E-state index is 11.8. The Bertz CT molecular complexity index is 410. The van der Waals surface area contributed by atoms with Crippen LogP contribution in [0.4, 0.5) is 0 Å². The third-order valence-corrected chi connectivity index (χ3v) is 3.41. The van der Waals surface area contributed by atoms with E-state index in [-0.39, 0.29) is 36.8 Å². The zero-order valence-corrected chi connectivity index (χ0v) is 15.5. The number of likely N-dealkylation sites (N-methyl/N-ethyl adjacent to an activating group) is 1. The van der Waals surface area contributed by atoms with Gasteiger partial charge in [0.15, 0.2) is 0 Å². The molecular formula is C16H29Cl2N3O. The van der Waals surface area contributed by atoms with Crippen LogP contribution in [-0.4, -0.2) is 45.0 Å². The highest BCUT2D eigenvalue weighted by molar-refractivity contribution is 5.85. The van der Waals surface area contributed by atoms with Crippen molar-refractivity contribution >= 4 is 30.7 Å². The molecule has 1 rings (SSSR count). The number of halogens is 2. The van der Waals surface area contributed by atoms with Crippen LogP contribution >= 0.6 is 24.8 Å². The fraction of sp³-hybridized carbons (Fsp3) is 0.562. The molecular weight excluding hydrogens is 321 g/mol. The zero-order valence-electron chi connectivity index (χ0n) is 13.9. The summed E-state index contributed by atoms with van der Waals surface area (Å²) in [4.78, 5) is 13.9. The lowest BCUT2D eigenvalue weighted by Gasteiger charge is -2.25. The highest BCUT2D eigenvalue weighted by atomic mass is 35.5. The number of aryl methyl sites for hydroxylation is 1. The van der Waals surface area contributed by atoms with Crippen molar-refractivity contribution in [3.8, 4) is 0 Å². The molecule has 1 aromatic carbocycles. The average molecular weight is 350 g/mol. The number of rotatable bonds is 8.